The maximum atomic E-state index is 5.55. The summed E-state index contributed by atoms with van der Waals surface area (Å²) in [6.07, 6.45) is 1.70. The summed E-state index contributed by atoms with van der Waals surface area (Å²) in [5.41, 5.74) is 7.15. The summed E-state index contributed by atoms with van der Waals surface area (Å²) in [4.78, 5) is 4.16. The van der Waals surface area contributed by atoms with E-state index in [1.54, 1.807) is 13.2 Å². The normalized spacial score (nSPS) is 11.2. The van der Waals surface area contributed by atoms with Gasteiger partial charge in [-0.05, 0) is 18.2 Å². The van der Waals surface area contributed by atoms with Crippen LogP contribution in [-0.2, 0) is 0 Å². The Morgan fingerprint density at radius 3 is 2.93 bits per heavy atom. The molecule has 1 rings (SSSR count). The molecule has 0 aromatic heterocycles. The number of hydrogen-bond acceptors (Lipinski definition) is 2. The van der Waals surface area contributed by atoms with E-state index >= 15 is 0 Å². The highest BCUT2D eigenvalue weighted by molar-refractivity contribution is 6.28. The smallest absolute Gasteiger partial charge is 0.119 e. The van der Waals surface area contributed by atoms with Crippen molar-refractivity contribution in [2.24, 2.45) is 10.7 Å². The minimum Gasteiger partial charge on any atom is -0.497 e. The minimum absolute atomic E-state index is 0.211. The number of hydrogen-bond donors (Lipinski definition) is 1. The summed E-state index contributed by atoms with van der Waals surface area (Å²) in [7, 11) is 1.61. The van der Waals surface area contributed by atoms with Crippen molar-refractivity contribution >= 4 is 29.2 Å². The van der Waals surface area contributed by atoms with Crippen molar-refractivity contribution in [2.45, 2.75) is 0 Å². The van der Waals surface area contributed by atoms with E-state index in [-0.39, 0.29) is 5.88 Å². The SMILES string of the molecule is C=Cc1cc(OC)ccc1N=C(N)CCl. The summed E-state index contributed by atoms with van der Waals surface area (Å²) < 4.78 is 5.09. The van der Waals surface area contributed by atoms with Crippen LogP contribution < -0.4 is 10.5 Å². The van der Waals surface area contributed by atoms with E-state index in [0.717, 1.165) is 17.0 Å². The second kappa shape index (κ2) is 5.41. The molecule has 1 aromatic carbocycles. The Labute approximate surface area is 94.2 Å². The molecule has 1 aromatic rings. The van der Waals surface area contributed by atoms with Crippen LogP contribution in [0.5, 0.6) is 5.75 Å². The van der Waals surface area contributed by atoms with Crippen molar-refractivity contribution in [2.75, 3.05) is 13.0 Å². The molecule has 0 fully saturated rings. The zero-order valence-electron chi connectivity index (χ0n) is 8.53. The van der Waals surface area contributed by atoms with Gasteiger partial charge in [-0.3, -0.25) is 0 Å². The Morgan fingerprint density at radius 2 is 2.40 bits per heavy atom. The van der Waals surface area contributed by atoms with Crippen LogP contribution in [0, 0.1) is 0 Å². The summed E-state index contributed by atoms with van der Waals surface area (Å²) >= 11 is 5.55. The van der Waals surface area contributed by atoms with Crippen molar-refractivity contribution < 1.29 is 4.74 Å². The van der Waals surface area contributed by atoms with Gasteiger partial charge in [-0.2, -0.15) is 0 Å². The highest BCUT2D eigenvalue weighted by atomic mass is 35.5. The summed E-state index contributed by atoms with van der Waals surface area (Å²) in [5, 5.41) is 0. The Kier molecular flexibility index (Phi) is 4.18. The van der Waals surface area contributed by atoms with Crippen LogP contribution in [0.1, 0.15) is 5.56 Å². The van der Waals surface area contributed by atoms with Crippen LogP contribution in [0.25, 0.3) is 6.08 Å². The summed E-state index contributed by atoms with van der Waals surface area (Å²) in [5.74, 6) is 1.35. The average molecular weight is 225 g/mol. The molecule has 4 heteroatoms. The topological polar surface area (TPSA) is 47.6 Å². The maximum absolute atomic E-state index is 5.55. The first-order valence-corrected chi connectivity index (χ1v) is 4.94. The van der Waals surface area contributed by atoms with E-state index in [0.29, 0.717) is 5.84 Å². The van der Waals surface area contributed by atoms with Gasteiger partial charge in [0.1, 0.15) is 11.6 Å². The van der Waals surface area contributed by atoms with Crippen molar-refractivity contribution in [1.29, 1.82) is 0 Å². The van der Waals surface area contributed by atoms with Crippen molar-refractivity contribution in [3.8, 4) is 5.75 Å². The van der Waals surface area contributed by atoms with Gasteiger partial charge in [-0.15, -0.1) is 11.6 Å². The number of benzene rings is 1. The second-order valence-electron chi connectivity index (χ2n) is 2.87. The predicted octanol–water partition coefficient (Wildman–Crippen LogP) is 2.57. The van der Waals surface area contributed by atoms with Crippen molar-refractivity contribution in [3.05, 3.63) is 30.3 Å². The van der Waals surface area contributed by atoms with E-state index in [2.05, 4.69) is 11.6 Å². The molecule has 0 unspecified atom stereocenters. The molecule has 0 heterocycles. The average Bonchev–Trinajstić information content (AvgIpc) is 2.29. The van der Waals surface area contributed by atoms with Gasteiger partial charge in [0, 0.05) is 5.56 Å². The first-order valence-electron chi connectivity index (χ1n) is 4.40. The van der Waals surface area contributed by atoms with Gasteiger partial charge in [0.15, 0.2) is 0 Å². The fraction of sp³-hybridized carbons (Fsp3) is 0.182. The number of nitrogens with two attached hydrogens (primary N) is 1. The molecule has 0 radical (unpaired) electrons. The Bertz CT molecular complexity index is 388. The highest BCUT2D eigenvalue weighted by Gasteiger charge is 2.01. The number of nitrogens with zero attached hydrogens (tertiary/aromatic N) is 1. The lowest BCUT2D eigenvalue weighted by Gasteiger charge is -2.05. The first kappa shape index (κ1) is 11.6. The molecular weight excluding hydrogens is 212 g/mol. The third-order valence-corrected chi connectivity index (χ3v) is 2.13. The molecule has 0 bridgehead atoms. The third kappa shape index (κ3) is 2.99. The molecule has 3 nitrogen and oxygen atoms in total. The molecule has 0 amide bonds. The first-order chi connectivity index (χ1) is 7.21. The van der Waals surface area contributed by atoms with Crippen molar-refractivity contribution in [1.82, 2.24) is 0 Å². The molecule has 2 N–H and O–H groups in total. The van der Waals surface area contributed by atoms with E-state index in [1.807, 2.05) is 18.2 Å². The molecule has 0 aliphatic rings. The quantitative estimate of drug-likeness (QED) is 0.486. The van der Waals surface area contributed by atoms with Gasteiger partial charge >= 0.3 is 0 Å². The van der Waals surface area contributed by atoms with Crippen LogP contribution in [0.3, 0.4) is 0 Å². The van der Waals surface area contributed by atoms with E-state index < -0.39 is 0 Å². The zero-order chi connectivity index (χ0) is 11.3. The number of methoxy groups -OCH3 is 1. The van der Waals surface area contributed by atoms with Crippen LogP contribution in [0.2, 0.25) is 0 Å². The monoisotopic (exact) mass is 224 g/mol. The van der Waals surface area contributed by atoms with Crippen molar-refractivity contribution in [3.63, 3.8) is 0 Å². The third-order valence-electron chi connectivity index (χ3n) is 1.86. The van der Waals surface area contributed by atoms with E-state index in [4.69, 9.17) is 22.1 Å². The molecular formula is C11H13ClN2O. The molecule has 80 valence electrons. The molecule has 0 spiro atoms. The lowest BCUT2D eigenvalue weighted by Crippen LogP contribution is -2.12. The fourth-order valence-electron chi connectivity index (χ4n) is 1.11. The van der Waals surface area contributed by atoms with Gasteiger partial charge in [-0.1, -0.05) is 12.7 Å². The van der Waals surface area contributed by atoms with Crippen LogP contribution >= 0.6 is 11.6 Å². The lowest BCUT2D eigenvalue weighted by molar-refractivity contribution is 0.415. The Morgan fingerprint density at radius 1 is 1.67 bits per heavy atom. The molecule has 0 aliphatic heterocycles. The van der Waals surface area contributed by atoms with E-state index in [9.17, 15) is 0 Å². The standard InChI is InChI=1S/C11H13ClN2O/c1-3-8-6-9(15-2)4-5-10(8)14-11(13)7-12/h3-6H,1,7H2,2H3,(H2,13,14). The summed E-state index contributed by atoms with van der Waals surface area (Å²) in [6, 6.07) is 5.47. The fourth-order valence-corrected chi connectivity index (χ4v) is 1.17. The maximum Gasteiger partial charge on any atom is 0.119 e. The molecule has 0 saturated carbocycles. The number of ether oxygens (including phenoxy) is 1. The Hall–Kier alpha value is -1.48. The highest BCUT2D eigenvalue weighted by Crippen LogP contribution is 2.25. The number of rotatable bonds is 4. The van der Waals surface area contributed by atoms with Gasteiger partial charge in [0.05, 0.1) is 18.7 Å². The van der Waals surface area contributed by atoms with Crippen LogP contribution in [0.15, 0.2) is 29.8 Å². The summed E-state index contributed by atoms with van der Waals surface area (Å²) in [6.45, 7) is 3.70. The zero-order valence-corrected chi connectivity index (χ0v) is 9.29. The second-order valence-corrected chi connectivity index (χ2v) is 3.13. The number of amidine groups is 1. The van der Waals surface area contributed by atoms with Crippen LogP contribution in [0.4, 0.5) is 5.69 Å². The van der Waals surface area contributed by atoms with Gasteiger partial charge in [0.25, 0.3) is 0 Å². The lowest BCUT2D eigenvalue weighted by atomic mass is 10.1. The van der Waals surface area contributed by atoms with Gasteiger partial charge in [-0.25, -0.2) is 4.99 Å². The minimum atomic E-state index is 0.211. The van der Waals surface area contributed by atoms with Gasteiger partial charge in [0.2, 0.25) is 0 Å². The van der Waals surface area contributed by atoms with E-state index in [1.165, 1.54) is 0 Å². The predicted molar refractivity (Wildman–Crippen MR) is 65.1 cm³/mol. The number of aliphatic imine (C=N–C) groups is 1. The largest absolute Gasteiger partial charge is 0.497 e. The number of halogens is 1. The number of alkyl halides is 1. The molecule has 0 atom stereocenters. The molecule has 15 heavy (non-hydrogen) atoms. The van der Waals surface area contributed by atoms with Crippen LogP contribution in [-0.4, -0.2) is 18.8 Å². The molecule has 0 aliphatic carbocycles. The Balaban J connectivity index is 3.13. The van der Waals surface area contributed by atoms with Gasteiger partial charge < -0.3 is 10.5 Å². The molecule has 0 saturated heterocycles.